The zero-order valence-corrected chi connectivity index (χ0v) is 31.4. The Morgan fingerprint density at radius 2 is 1.60 bits per heavy atom. The third kappa shape index (κ3) is 7.28. The molecule has 1 aromatic carbocycles. The molecule has 13 nitrogen and oxygen atoms in total. The van der Waals surface area contributed by atoms with Gasteiger partial charge in [-0.25, -0.2) is 13.2 Å². The van der Waals surface area contributed by atoms with Crippen molar-refractivity contribution in [1.82, 2.24) is 25.2 Å². The van der Waals surface area contributed by atoms with Crippen LogP contribution in [0, 0.1) is 34.0 Å². The average molecular weight is 715 g/mol. The molecule has 5 amide bonds. The number of Topliss-reactive ketones (excluding diaryl/α,β-unsaturated/α-hetero) is 1. The van der Waals surface area contributed by atoms with E-state index in [0.29, 0.717) is 18.5 Å². The molecule has 1 aromatic rings. The summed E-state index contributed by atoms with van der Waals surface area (Å²) in [5.74, 6) is -2.80. The van der Waals surface area contributed by atoms with E-state index in [2.05, 4.69) is 16.0 Å². The predicted octanol–water partition coefficient (Wildman–Crippen LogP) is 2.53. The summed E-state index contributed by atoms with van der Waals surface area (Å²) in [7, 11) is -3.74. The van der Waals surface area contributed by atoms with E-state index in [-0.39, 0.29) is 41.2 Å². The van der Waals surface area contributed by atoms with E-state index >= 15 is 0 Å². The number of hydrogen-bond acceptors (Lipinski definition) is 7. The Labute approximate surface area is 295 Å². The fourth-order valence-electron chi connectivity index (χ4n) is 7.88. The number of likely N-dealkylation sites (tertiary alicyclic amines) is 1. The molecule has 1 unspecified atom stereocenters. The maximum Gasteiger partial charge on any atom is 0.315 e. The first-order chi connectivity index (χ1) is 23.0. The fourth-order valence-corrected chi connectivity index (χ4v) is 9.53. The van der Waals surface area contributed by atoms with Gasteiger partial charge < -0.3 is 26.6 Å². The first kappa shape index (κ1) is 37.7. The molecule has 0 aromatic heterocycles. The summed E-state index contributed by atoms with van der Waals surface area (Å²) in [5, 5.41) is 8.61. The van der Waals surface area contributed by atoms with Crippen molar-refractivity contribution in [3.8, 4) is 0 Å². The number of ketones is 1. The van der Waals surface area contributed by atoms with Gasteiger partial charge in [0.1, 0.15) is 12.1 Å². The minimum atomic E-state index is -3.74. The Morgan fingerprint density at radius 1 is 0.960 bits per heavy atom. The van der Waals surface area contributed by atoms with Crippen LogP contribution in [0.3, 0.4) is 0 Å². The minimum absolute atomic E-state index is 0.0287. The van der Waals surface area contributed by atoms with E-state index < -0.39 is 74.6 Å². The molecule has 3 fully saturated rings. The van der Waals surface area contributed by atoms with Crippen LogP contribution in [0.2, 0.25) is 0 Å². The Kier molecular flexibility index (Phi) is 9.98. The normalized spacial score (nSPS) is 25.7. The molecule has 2 saturated carbocycles. The van der Waals surface area contributed by atoms with Crippen LogP contribution in [-0.2, 0) is 35.7 Å². The monoisotopic (exact) mass is 714 g/mol. The van der Waals surface area contributed by atoms with Crippen LogP contribution in [0.25, 0.3) is 0 Å². The molecule has 50 heavy (non-hydrogen) atoms. The van der Waals surface area contributed by atoms with Crippen LogP contribution in [0.15, 0.2) is 29.2 Å². The molecule has 0 bridgehead atoms. The van der Waals surface area contributed by atoms with Crippen LogP contribution in [0.4, 0.5) is 4.79 Å². The van der Waals surface area contributed by atoms with Crippen molar-refractivity contribution in [2.45, 2.75) is 117 Å². The van der Waals surface area contributed by atoms with Gasteiger partial charge in [0.05, 0.1) is 10.9 Å². The number of amides is 5. The van der Waals surface area contributed by atoms with Gasteiger partial charge in [-0.05, 0) is 52.0 Å². The molecule has 0 radical (unpaired) electrons. The number of fused-ring (bicyclic) bond motifs is 2. The molecule has 1 saturated heterocycles. The molecule has 2 aliphatic heterocycles. The lowest BCUT2D eigenvalue weighted by Gasteiger charge is -2.39. The van der Waals surface area contributed by atoms with E-state index in [1.807, 2.05) is 55.4 Å². The lowest BCUT2D eigenvalue weighted by Crippen LogP contribution is -2.62. The lowest BCUT2D eigenvalue weighted by atomic mass is 9.80. The van der Waals surface area contributed by atoms with E-state index in [9.17, 15) is 32.4 Å². The number of nitrogens with zero attached hydrogens (tertiary/aromatic N) is 2. The van der Waals surface area contributed by atoms with E-state index in [0.717, 1.165) is 19.3 Å². The smallest absolute Gasteiger partial charge is 0.315 e. The molecule has 4 aliphatic rings. The standard InChI is InChI=1S/C36H54N6O7S/c1-34(2,3)25(19-41-17-21-14-9-10-15-24(21)50(41,48)49)39-33(47)40-29(35(4,5)6)32(46)42-18-22-26(36(22,7)8)27(42)31(45)38-23(28(43)30(37)44)16-20-12-11-13-20/h9-10,14-15,20,22-23,25-27,29H,11-13,16-19H2,1-8H3,(H2,37,44)(H,38,45)(H2,39,40,47)/t22-,23?,25+,26-,27-,29+/m0/s1. The van der Waals surface area contributed by atoms with Gasteiger partial charge in [-0.1, -0.05) is 92.9 Å². The van der Waals surface area contributed by atoms with Crippen molar-refractivity contribution >= 4 is 39.6 Å². The number of hydrogen-bond donors (Lipinski definition) is 4. The molecule has 5 N–H and O–H groups in total. The van der Waals surface area contributed by atoms with Crippen LogP contribution in [0.5, 0.6) is 0 Å². The summed E-state index contributed by atoms with van der Waals surface area (Å²) >= 11 is 0. The van der Waals surface area contributed by atoms with Crippen molar-refractivity contribution in [2.24, 2.45) is 39.7 Å². The topological polar surface area (TPSA) is 188 Å². The number of carbonyl (C=O) groups excluding carboxylic acids is 5. The highest BCUT2D eigenvalue weighted by Crippen LogP contribution is 2.65. The second-order valence-corrected chi connectivity index (χ2v) is 19.4. The highest BCUT2D eigenvalue weighted by atomic mass is 32.2. The number of sulfonamides is 1. The Balaban J connectivity index is 1.33. The van der Waals surface area contributed by atoms with Crippen LogP contribution < -0.4 is 21.7 Å². The first-order valence-corrected chi connectivity index (χ1v) is 19.1. The molecule has 5 rings (SSSR count). The maximum absolute atomic E-state index is 14.4. The maximum atomic E-state index is 14.4. The number of piperidine rings is 1. The number of benzene rings is 1. The van der Waals surface area contributed by atoms with Gasteiger partial charge in [-0.15, -0.1) is 0 Å². The van der Waals surface area contributed by atoms with Crippen LogP contribution >= 0.6 is 0 Å². The van der Waals surface area contributed by atoms with Gasteiger partial charge in [0.25, 0.3) is 5.91 Å². The molecule has 0 spiro atoms. The molecule has 2 aliphatic carbocycles. The highest BCUT2D eigenvalue weighted by Gasteiger charge is 2.70. The third-order valence-corrected chi connectivity index (χ3v) is 13.4. The Hall–Kier alpha value is -3.52. The molecular formula is C36H54N6O7S. The average Bonchev–Trinajstić information content (AvgIpc) is 3.25. The number of carbonyl (C=O) groups is 5. The fraction of sp³-hybridized carbons (Fsp3) is 0.694. The number of nitrogens with one attached hydrogen (secondary N) is 3. The molecular weight excluding hydrogens is 660 g/mol. The van der Waals surface area contributed by atoms with E-state index in [4.69, 9.17) is 5.73 Å². The van der Waals surface area contributed by atoms with Crippen molar-refractivity contribution in [3.63, 3.8) is 0 Å². The number of urea groups is 1. The van der Waals surface area contributed by atoms with Gasteiger partial charge in [-0.3, -0.25) is 19.2 Å². The summed E-state index contributed by atoms with van der Waals surface area (Å²) in [6, 6.07) is 2.58. The minimum Gasteiger partial charge on any atom is -0.363 e. The SMILES string of the molecule is CC(C)(C)[C@H](NC(=O)N[C@H](CN1Cc2ccccc2S1(=O)=O)C(C)(C)C)C(=O)N1C[C@H]2[C@@H]([C@H]1C(=O)NC(CC1CCC1)C(=O)C(N)=O)C2(C)C. The largest absolute Gasteiger partial charge is 0.363 e. The zero-order chi connectivity index (χ0) is 37.1. The van der Waals surface area contributed by atoms with Gasteiger partial charge >= 0.3 is 6.03 Å². The van der Waals surface area contributed by atoms with E-state index in [1.54, 1.807) is 24.3 Å². The summed E-state index contributed by atoms with van der Waals surface area (Å²) < 4.78 is 28.0. The molecule has 2 heterocycles. The van der Waals surface area contributed by atoms with Crippen molar-refractivity contribution < 1.29 is 32.4 Å². The number of rotatable bonds is 11. The van der Waals surface area contributed by atoms with Crippen molar-refractivity contribution in [3.05, 3.63) is 29.8 Å². The third-order valence-electron chi connectivity index (χ3n) is 11.5. The van der Waals surface area contributed by atoms with Gasteiger partial charge in [0.2, 0.25) is 27.6 Å². The van der Waals surface area contributed by atoms with Crippen LogP contribution in [-0.4, -0.2) is 84.4 Å². The Bertz CT molecular complexity index is 1660. The zero-order valence-electron chi connectivity index (χ0n) is 30.5. The summed E-state index contributed by atoms with van der Waals surface area (Å²) in [6.07, 6.45) is 3.15. The second kappa shape index (κ2) is 13.2. The Morgan fingerprint density at radius 3 is 2.14 bits per heavy atom. The molecule has 14 heteroatoms. The van der Waals surface area contributed by atoms with Crippen molar-refractivity contribution in [2.75, 3.05) is 13.1 Å². The van der Waals surface area contributed by atoms with E-state index in [1.165, 1.54) is 9.21 Å². The van der Waals surface area contributed by atoms with Gasteiger partial charge in [-0.2, -0.15) is 4.31 Å². The van der Waals surface area contributed by atoms with Gasteiger partial charge in [0.15, 0.2) is 0 Å². The predicted molar refractivity (Wildman–Crippen MR) is 187 cm³/mol. The van der Waals surface area contributed by atoms with Crippen molar-refractivity contribution in [1.29, 1.82) is 0 Å². The summed E-state index contributed by atoms with van der Waals surface area (Å²) in [4.78, 5) is 68.6. The quantitative estimate of drug-likeness (QED) is 0.254. The highest BCUT2D eigenvalue weighted by molar-refractivity contribution is 7.89. The number of nitrogens with two attached hydrogens (primary N) is 1. The molecule has 276 valence electrons. The number of primary amides is 1. The second-order valence-electron chi connectivity index (χ2n) is 17.5. The first-order valence-electron chi connectivity index (χ1n) is 17.6. The summed E-state index contributed by atoms with van der Waals surface area (Å²) in [5.41, 5.74) is 4.50. The lowest BCUT2D eigenvalue weighted by molar-refractivity contribution is -0.145. The summed E-state index contributed by atoms with van der Waals surface area (Å²) in [6.45, 7) is 15.8. The van der Waals surface area contributed by atoms with Crippen LogP contribution in [0.1, 0.15) is 86.6 Å². The van der Waals surface area contributed by atoms with Gasteiger partial charge in [0, 0.05) is 25.7 Å². The molecule has 6 atom stereocenters.